The first kappa shape index (κ1) is 8.43. The van der Waals surface area contributed by atoms with E-state index in [9.17, 15) is 4.79 Å². The van der Waals surface area contributed by atoms with Crippen molar-refractivity contribution in [2.24, 2.45) is 10.2 Å². The fourth-order valence-corrected chi connectivity index (χ4v) is 1.08. The number of hydrogen-bond acceptors (Lipinski definition) is 4. The number of nitrogens with one attached hydrogen (secondary N) is 1. The van der Waals surface area contributed by atoms with Crippen molar-refractivity contribution >= 4 is 18.6 Å². The van der Waals surface area contributed by atoms with Crippen LogP contribution < -0.4 is 5.43 Å². The molecule has 0 aromatic heterocycles. The smallest absolute Gasteiger partial charge is 0.233 e. The summed E-state index contributed by atoms with van der Waals surface area (Å²) in [7, 11) is 0. The first-order chi connectivity index (χ1) is 6.90. The zero-order chi connectivity index (χ0) is 9.80. The van der Waals surface area contributed by atoms with Gasteiger partial charge in [0.1, 0.15) is 6.34 Å². The number of carbonyl (C=O) groups is 1. The van der Waals surface area contributed by atoms with Crippen molar-refractivity contribution in [3.63, 3.8) is 0 Å². The lowest BCUT2D eigenvalue weighted by Gasteiger charge is -2.17. The Labute approximate surface area is 80.7 Å². The van der Waals surface area contributed by atoms with Crippen LogP contribution in [0.25, 0.3) is 0 Å². The minimum absolute atomic E-state index is 0.556. The van der Waals surface area contributed by atoms with Gasteiger partial charge in [-0.25, -0.2) is 5.01 Å². The van der Waals surface area contributed by atoms with Gasteiger partial charge in [0.2, 0.25) is 6.41 Å². The van der Waals surface area contributed by atoms with E-state index < -0.39 is 0 Å². The van der Waals surface area contributed by atoms with Crippen LogP contribution in [0.2, 0.25) is 0 Å². The van der Waals surface area contributed by atoms with Gasteiger partial charge in [0, 0.05) is 5.56 Å². The minimum atomic E-state index is 0.556. The van der Waals surface area contributed by atoms with Gasteiger partial charge >= 0.3 is 0 Å². The van der Waals surface area contributed by atoms with Crippen molar-refractivity contribution in [1.29, 1.82) is 0 Å². The molecule has 1 heterocycles. The quantitative estimate of drug-likeness (QED) is 0.681. The Hall–Kier alpha value is -2.17. The van der Waals surface area contributed by atoms with Crippen LogP contribution in [0.15, 0.2) is 40.5 Å². The van der Waals surface area contributed by atoms with Crippen LogP contribution in [0.1, 0.15) is 5.56 Å². The first-order valence-corrected chi connectivity index (χ1v) is 4.07. The predicted molar refractivity (Wildman–Crippen MR) is 52.5 cm³/mol. The van der Waals surface area contributed by atoms with Gasteiger partial charge in [-0.1, -0.05) is 30.3 Å². The first-order valence-electron chi connectivity index (χ1n) is 4.07. The number of amidine groups is 1. The molecule has 0 aliphatic carbocycles. The van der Waals surface area contributed by atoms with Gasteiger partial charge in [-0.05, 0) is 0 Å². The predicted octanol–water partition coefficient (Wildman–Crippen LogP) is 0.353. The Morgan fingerprint density at radius 3 is 2.79 bits per heavy atom. The zero-order valence-corrected chi connectivity index (χ0v) is 7.29. The summed E-state index contributed by atoms with van der Waals surface area (Å²) in [5, 5.41) is 8.76. The number of benzene rings is 1. The highest BCUT2D eigenvalue weighted by atomic mass is 16.1. The number of rotatable bonds is 2. The number of nitrogens with zero attached hydrogens (tertiary/aromatic N) is 3. The van der Waals surface area contributed by atoms with E-state index in [0.29, 0.717) is 12.2 Å². The van der Waals surface area contributed by atoms with E-state index in [0.717, 1.165) is 5.56 Å². The molecule has 0 bridgehead atoms. The van der Waals surface area contributed by atoms with E-state index in [2.05, 4.69) is 15.6 Å². The van der Waals surface area contributed by atoms with E-state index in [4.69, 9.17) is 0 Å². The molecule has 0 atom stereocenters. The van der Waals surface area contributed by atoms with E-state index in [1.54, 1.807) is 0 Å². The van der Waals surface area contributed by atoms with Gasteiger partial charge in [0.25, 0.3) is 0 Å². The molecule has 5 nitrogen and oxygen atoms in total. The molecule has 1 amide bonds. The molecular weight excluding hydrogens is 180 g/mol. The molecule has 2 rings (SSSR count). The van der Waals surface area contributed by atoms with Crippen LogP contribution in [-0.2, 0) is 4.79 Å². The van der Waals surface area contributed by atoms with E-state index in [1.165, 1.54) is 11.3 Å². The lowest BCUT2D eigenvalue weighted by Crippen LogP contribution is -2.42. The highest BCUT2D eigenvalue weighted by molar-refractivity contribution is 6.01. The van der Waals surface area contributed by atoms with Crippen LogP contribution in [0.5, 0.6) is 0 Å². The second-order valence-electron chi connectivity index (χ2n) is 2.67. The maximum atomic E-state index is 10.5. The highest BCUT2D eigenvalue weighted by Crippen LogP contribution is 2.01. The molecule has 1 aliphatic rings. The third-order valence-corrected chi connectivity index (χ3v) is 1.73. The molecule has 0 spiro atoms. The average molecular weight is 188 g/mol. The van der Waals surface area contributed by atoms with Crippen molar-refractivity contribution in [3.8, 4) is 0 Å². The Kier molecular flexibility index (Phi) is 2.22. The molecule has 5 heteroatoms. The molecule has 1 aromatic carbocycles. The van der Waals surface area contributed by atoms with E-state index in [1.807, 2.05) is 30.3 Å². The van der Waals surface area contributed by atoms with Crippen molar-refractivity contribution in [2.45, 2.75) is 0 Å². The summed E-state index contributed by atoms with van der Waals surface area (Å²) in [6.07, 6.45) is 1.93. The molecule has 0 fully saturated rings. The average Bonchev–Trinajstić information content (AvgIpc) is 2.30. The van der Waals surface area contributed by atoms with Gasteiger partial charge in [-0.3, -0.25) is 10.2 Å². The summed E-state index contributed by atoms with van der Waals surface area (Å²) in [5.41, 5.74) is 3.67. The highest BCUT2D eigenvalue weighted by Gasteiger charge is 2.08. The number of hydrazine groups is 1. The third-order valence-electron chi connectivity index (χ3n) is 1.73. The fraction of sp³-hybridized carbons (Fsp3) is 0. The van der Waals surface area contributed by atoms with E-state index >= 15 is 0 Å². The third kappa shape index (κ3) is 1.61. The lowest BCUT2D eigenvalue weighted by molar-refractivity contribution is -0.115. The van der Waals surface area contributed by atoms with Crippen LogP contribution in [0.4, 0.5) is 0 Å². The van der Waals surface area contributed by atoms with Crippen molar-refractivity contribution in [3.05, 3.63) is 35.9 Å². The number of amides is 1. The normalized spacial score (nSPS) is 14.6. The standard InChI is InChI=1S/C9H8N4O/c14-7-13-6-10-11-9(12-13)8-4-2-1-3-5-8/h1-7H,(H,11,12). The Morgan fingerprint density at radius 1 is 1.29 bits per heavy atom. The SMILES string of the molecule is O=CN1C=NN=C(c2ccccc2)N1. The summed E-state index contributed by atoms with van der Waals surface area (Å²) in [6.45, 7) is 0. The lowest BCUT2D eigenvalue weighted by atomic mass is 10.2. The van der Waals surface area contributed by atoms with Gasteiger partial charge in [0.15, 0.2) is 5.84 Å². The number of hydrogen-bond donors (Lipinski definition) is 1. The van der Waals surface area contributed by atoms with Crippen molar-refractivity contribution in [2.75, 3.05) is 0 Å². The summed E-state index contributed by atoms with van der Waals surface area (Å²) in [6, 6.07) is 9.46. The minimum Gasteiger partial charge on any atom is -0.276 e. The molecule has 70 valence electrons. The fourth-order valence-electron chi connectivity index (χ4n) is 1.08. The monoisotopic (exact) mass is 188 g/mol. The maximum absolute atomic E-state index is 10.5. The van der Waals surface area contributed by atoms with Gasteiger partial charge < -0.3 is 0 Å². The summed E-state index contributed by atoms with van der Waals surface area (Å²) >= 11 is 0. The summed E-state index contributed by atoms with van der Waals surface area (Å²) < 4.78 is 0. The van der Waals surface area contributed by atoms with Crippen LogP contribution in [0, 0.1) is 0 Å². The van der Waals surface area contributed by atoms with Gasteiger partial charge in [-0.15, -0.1) is 10.2 Å². The largest absolute Gasteiger partial charge is 0.276 e. The van der Waals surface area contributed by atoms with E-state index in [-0.39, 0.29) is 0 Å². The summed E-state index contributed by atoms with van der Waals surface area (Å²) in [5.74, 6) is 0.556. The molecular formula is C9H8N4O. The Balaban J connectivity index is 2.25. The zero-order valence-electron chi connectivity index (χ0n) is 7.29. The molecule has 0 unspecified atom stereocenters. The van der Waals surface area contributed by atoms with Crippen LogP contribution in [0.3, 0.4) is 0 Å². The van der Waals surface area contributed by atoms with Crippen molar-refractivity contribution in [1.82, 2.24) is 10.4 Å². The molecule has 0 radical (unpaired) electrons. The molecule has 0 saturated heterocycles. The molecule has 14 heavy (non-hydrogen) atoms. The Morgan fingerprint density at radius 2 is 2.07 bits per heavy atom. The van der Waals surface area contributed by atoms with Gasteiger partial charge in [0.05, 0.1) is 0 Å². The van der Waals surface area contributed by atoms with Crippen LogP contribution in [-0.4, -0.2) is 23.6 Å². The Bertz CT molecular complexity index is 385. The van der Waals surface area contributed by atoms with Crippen LogP contribution >= 0.6 is 0 Å². The van der Waals surface area contributed by atoms with Gasteiger partial charge in [-0.2, -0.15) is 0 Å². The second kappa shape index (κ2) is 3.69. The summed E-state index contributed by atoms with van der Waals surface area (Å²) in [4.78, 5) is 10.5. The number of carbonyl (C=O) groups excluding carboxylic acids is 1. The molecule has 0 saturated carbocycles. The van der Waals surface area contributed by atoms with Crippen molar-refractivity contribution < 1.29 is 4.79 Å². The second-order valence-corrected chi connectivity index (χ2v) is 2.67. The molecule has 1 aromatic rings. The molecule has 1 N–H and O–H groups in total. The molecule has 1 aliphatic heterocycles. The maximum Gasteiger partial charge on any atom is 0.233 e. The topological polar surface area (TPSA) is 57.1 Å².